The normalized spacial score (nSPS) is 13.0. The van der Waals surface area contributed by atoms with Crippen LogP contribution in [0.15, 0.2) is 0 Å². The molecule has 0 aliphatic carbocycles. The van der Waals surface area contributed by atoms with Crippen molar-refractivity contribution in [3.8, 4) is 6.07 Å². The fourth-order valence-electron chi connectivity index (χ4n) is 0. The lowest BCUT2D eigenvalue weighted by atomic mass is 10.6. The van der Waals surface area contributed by atoms with Gasteiger partial charge in [0.2, 0.25) is 0 Å². The predicted octanol–water partition coefficient (Wildman–Crippen LogP) is 1.11. The van der Waals surface area contributed by atoms with E-state index >= 15 is 0 Å². The van der Waals surface area contributed by atoms with E-state index in [-0.39, 0.29) is 4.83 Å². The molecule has 1 unspecified atom stereocenters. The maximum Gasteiger partial charge on any atom is 0.101 e. The molecule has 0 N–H and O–H groups in total. The van der Waals surface area contributed by atoms with E-state index in [4.69, 9.17) is 5.26 Å². The molecule has 1 nitrogen and oxygen atoms in total. The van der Waals surface area contributed by atoms with Gasteiger partial charge in [-0.2, -0.15) is 5.26 Å². The summed E-state index contributed by atoms with van der Waals surface area (Å²) in [6.07, 6.45) is 0. The first-order valence-electron chi connectivity index (χ1n) is 1.14. The Hall–Kier alpha value is -0.0300. The number of halogens is 1. The summed E-state index contributed by atoms with van der Waals surface area (Å²) in [6, 6.07) is 1.83. The molecule has 0 aromatic carbocycles. The van der Waals surface area contributed by atoms with E-state index in [1.165, 1.54) is 0 Å². The van der Waals surface area contributed by atoms with E-state index in [1.807, 2.05) is 6.07 Å². The van der Waals surface area contributed by atoms with Crippen molar-refractivity contribution < 1.29 is 0 Å². The zero-order valence-electron chi connectivity index (χ0n) is 2.61. The van der Waals surface area contributed by atoms with Gasteiger partial charge in [0.1, 0.15) is 4.83 Å². The SMILES string of the molecule is [CH2]C(Br)C#N. The highest BCUT2D eigenvalue weighted by molar-refractivity contribution is 9.09. The Morgan fingerprint density at radius 2 is 2.20 bits per heavy atom. The van der Waals surface area contributed by atoms with Gasteiger partial charge in [0, 0.05) is 0 Å². The molecule has 2 heteroatoms. The van der Waals surface area contributed by atoms with Crippen LogP contribution >= 0.6 is 15.9 Å². The van der Waals surface area contributed by atoms with Gasteiger partial charge in [0.05, 0.1) is 6.07 Å². The van der Waals surface area contributed by atoms with Crippen molar-refractivity contribution in [1.29, 1.82) is 5.26 Å². The Labute approximate surface area is 39.7 Å². The Morgan fingerprint density at radius 1 is 2.00 bits per heavy atom. The fourth-order valence-corrected chi connectivity index (χ4v) is 0. The Balaban J connectivity index is 2.94. The summed E-state index contributed by atoms with van der Waals surface area (Å²) in [5, 5.41) is 7.78. The average Bonchev–Trinajstić information content (AvgIpc) is 1.38. The zero-order chi connectivity index (χ0) is 4.28. The molecule has 0 aromatic rings. The molecular weight excluding hydrogens is 130 g/mol. The molecule has 1 atom stereocenters. The Bertz CT molecular complexity index is 52.4. The number of hydrogen-bond donors (Lipinski definition) is 0. The van der Waals surface area contributed by atoms with E-state index in [1.54, 1.807) is 0 Å². The molecule has 0 aliphatic heterocycles. The van der Waals surface area contributed by atoms with Crippen molar-refractivity contribution in [1.82, 2.24) is 0 Å². The highest BCUT2D eigenvalue weighted by Crippen LogP contribution is 1.89. The van der Waals surface area contributed by atoms with Crippen LogP contribution in [0.2, 0.25) is 0 Å². The van der Waals surface area contributed by atoms with Crippen molar-refractivity contribution >= 4 is 15.9 Å². The maximum absolute atomic E-state index is 7.78. The van der Waals surface area contributed by atoms with Gasteiger partial charge >= 0.3 is 0 Å². The lowest BCUT2D eigenvalue weighted by Crippen LogP contribution is -1.76. The second kappa shape index (κ2) is 2.22. The van der Waals surface area contributed by atoms with Gasteiger partial charge in [0.25, 0.3) is 0 Å². The van der Waals surface area contributed by atoms with Gasteiger partial charge < -0.3 is 0 Å². The molecule has 0 saturated carbocycles. The summed E-state index contributed by atoms with van der Waals surface area (Å²) in [5.74, 6) is 0. The van der Waals surface area contributed by atoms with Gasteiger partial charge in [-0.05, 0) is 6.92 Å². The quantitative estimate of drug-likeness (QED) is 0.454. The third-order valence-electron chi connectivity index (χ3n) is 0.140. The Kier molecular flexibility index (Phi) is 2.21. The Morgan fingerprint density at radius 3 is 2.20 bits per heavy atom. The highest BCUT2D eigenvalue weighted by Gasteiger charge is 1.81. The smallest absolute Gasteiger partial charge is 0.101 e. The van der Waals surface area contributed by atoms with Gasteiger partial charge in [-0.15, -0.1) is 0 Å². The van der Waals surface area contributed by atoms with Crippen molar-refractivity contribution in [2.75, 3.05) is 0 Å². The molecule has 0 bridgehead atoms. The first-order chi connectivity index (χ1) is 2.27. The molecule has 5 heavy (non-hydrogen) atoms. The second-order valence-electron chi connectivity index (χ2n) is 0.597. The number of nitrogens with zero attached hydrogens (tertiary/aromatic N) is 1. The highest BCUT2D eigenvalue weighted by atomic mass is 79.9. The van der Waals surface area contributed by atoms with E-state index < -0.39 is 0 Å². The average molecular weight is 133 g/mol. The topological polar surface area (TPSA) is 23.8 Å². The molecule has 0 spiro atoms. The maximum atomic E-state index is 7.78. The largest absolute Gasteiger partial charge is 0.197 e. The monoisotopic (exact) mass is 132 g/mol. The first-order valence-corrected chi connectivity index (χ1v) is 2.05. The van der Waals surface area contributed by atoms with Crippen LogP contribution < -0.4 is 0 Å². The summed E-state index contributed by atoms with van der Waals surface area (Å²) in [6.45, 7) is 3.31. The van der Waals surface area contributed by atoms with Crippen LogP contribution in [0.25, 0.3) is 0 Å². The molecule has 1 radical (unpaired) electrons. The summed E-state index contributed by atoms with van der Waals surface area (Å²) in [7, 11) is 0. The van der Waals surface area contributed by atoms with Gasteiger partial charge in [-0.1, -0.05) is 15.9 Å². The van der Waals surface area contributed by atoms with Gasteiger partial charge in [-0.3, -0.25) is 0 Å². The van der Waals surface area contributed by atoms with E-state index in [0.29, 0.717) is 0 Å². The number of nitriles is 1. The van der Waals surface area contributed by atoms with Crippen LogP contribution in [-0.4, -0.2) is 4.83 Å². The minimum absolute atomic E-state index is 0.248. The minimum atomic E-state index is -0.248. The van der Waals surface area contributed by atoms with Crippen LogP contribution in [0.5, 0.6) is 0 Å². The fraction of sp³-hybridized carbons (Fsp3) is 0.333. The van der Waals surface area contributed by atoms with Crippen LogP contribution in [0.3, 0.4) is 0 Å². The zero-order valence-corrected chi connectivity index (χ0v) is 4.20. The van der Waals surface area contributed by atoms with Crippen LogP contribution in [0.1, 0.15) is 0 Å². The summed E-state index contributed by atoms with van der Waals surface area (Å²) >= 11 is 2.90. The van der Waals surface area contributed by atoms with Crippen molar-refractivity contribution in [2.24, 2.45) is 0 Å². The summed E-state index contributed by atoms with van der Waals surface area (Å²) in [4.78, 5) is -0.248. The standard InChI is InChI=1S/C3H3BrN/c1-3(4)2-5/h3H,1H2. The molecule has 0 rings (SSSR count). The number of alkyl halides is 1. The minimum Gasteiger partial charge on any atom is -0.197 e. The van der Waals surface area contributed by atoms with Crippen LogP contribution in [0.4, 0.5) is 0 Å². The molecule has 0 fully saturated rings. The molecular formula is C3H3BrN. The second-order valence-corrected chi connectivity index (χ2v) is 1.70. The van der Waals surface area contributed by atoms with Crippen LogP contribution in [-0.2, 0) is 0 Å². The lowest BCUT2D eigenvalue weighted by molar-refractivity contribution is 1.39. The molecule has 0 aromatic heterocycles. The number of hydrogen-bond acceptors (Lipinski definition) is 1. The lowest BCUT2D eigenvalue weighted by Gasteiger charge is -1.72. The predicted molar refractivity (Wildman–Crippen MR) is 23.7 cm³/mol. The van der Waals surface area contributed by atoms with E-state index in [9.17, 15) is 0 Å². The van der Waals surface area contributed by atoms with Crippen molar-refractivity contribution in [3.63, 3.8) is 0 Å². The van der Waals surface area contributed by atoms with Crippen molar-refractivity contribution in [3.05, 3.63) is 6.92 Å². The van der Waals surface area contributed by atoms with Gasteiger partial charge in [-0.25, -0.2) is 0 Å². The summed E-state index contributed by atoms with van der Waals surface area (Å²) < 4.78 is 0. The number of rotatable bonds is 0. The summed E-state index contributed by atoms with van der Waals surface area (Å²) in [5.41, 5.74) is 0. The molecule has 0 saturated heterocycles. The van der Waals surface area contributed by atoms with Crippen molar-refractivity contribution in [2.45, 2.75) is 4.83 Å². The van der Waals surface area contributed by atoms with E-state index in [2.05, 4.69) is 22.9 Å². The molecule has 0 amide bonds. The van der Waals surface area contributed by atoms with E-state index in [0.717, 1.165) is 0 Å². The first kappa shape index (κ1) is 4.97. The molecule has 0 aliphatic rings. The van der Waals surface area contributed by atoms with Crippen LogP contribution in [0, 0.1) is 18.3 Å². The third-order valence-corrected chi connectivity index (χ3v) is 0.345. The van der Waals surface area contributed by atoms with Gasteiger partial charge in [0.15, 0.2) is 0 Å². The molecule has 27 valence electrons. The molecule has 0 heterocycles. The third kappa shape index (κ3) is 3.97.